The Morgan fingerprint density at radius 3 is 2.20 bits per heavy atom. The molecule has 2 amide bonds. The molecule has 2 N–H and O–H groups in total. The molecule has 1 saturated heterocycles. The highest BCUT2D eigenvalue weighted by molar-refractivity contribution is 6.04. The number of amides is 2. The average molecular weight is 471 g/mol. The lowest BCUT2D eigenvalue weighted by molar-refractivity contribution is 0.0772. The van der Waals surface area contributed by atoms with Crippen molar-refractivity contribution in [3.8, 4) is 0 Å². The van der Waals surface area contributed by atoms with E-state index >= 15 is 0 Å². The number of benzene rings is 3. The predicted molar refractivity (Wildman–Crippen MR) is 141 cm³/mol. The van der Waals surface area contributed by atoms with Crippen LogP contribution in [0.2, 0.25) is 0 Å². The number of hydrogen-bond donors (Lipinski definition) is 2. The molecule has 1 atom stereocenters. The first-order chi connectivity index (χ1) is 17.1. The van der Waals surface area contributed by atoms with E-state index in [2.05, 4.69) is 39.8 Å². The van der Waals surface area contributed by atoms with Crippen molar-refractivity contribution in [3.05, 3.63) is 101 Å². The van der Waals surface area contributed by atoms with Gasteiger partial charge in [0.25, 0.3) is 11.8 Å². The van der Waals surface area contributed by atoms with Crippen LogP contribution in [0.25, 0.3) is 0 Å². The van der Waals surface area contributed by atoms with E-state index in [4.69, 9.17) is 0 Å². The lowest BCUT2D eigenvalue weighted by atomic mass is 9.95. The normalized spacial score (nSPS) is 14.8. The molecule has 0 radical (unpaired) electrons. The van der Waals surface area contributed by atoms with Crippen LogP contribution in [0.1, 0.15) is 51.7 Å². The Morgan fingerprint density at radius 1 is 0.857 bits per heavy atom. The Hall–Kier alpha value is -3.48. The van der Waals surface area contributed by atoms with Gasteiger partial charge in [-0.2, -0.15) is 0 Å². The molecule has 182 valence electrons. The first kappa shape index (κ1) is 24.6. The summed E-state index contributed by atoms with van der Waals surface area (Å²) in [6.45, 7) is 9.10. The van der Waals surface area contributed by atoms with E-state index in [0.29, 0.717) is 24.2 Å². The van der Waals surface area contributed by atoms with E-state index in [1.807, 2.05) is 73.3 Å². The molecule has 3 aromatic rings. The van der Waals surface area contributed by atoms with Crippen molar-refractivity contribution in [2.24, 2.45) is 0 Å². The van der Waals surface area contributed by atoms with Crippen LogP contribution in [0.5, 0.6) is 0 Å². The van der Waals surface area contributed by atoms with Crippen molar-refractivity contribution in [2.75, 3.05) is 44.6 Å². The third-order valence-corrected chi connectivity index (χ3v) is 6.54. The molecule has 4 rings (SSSR count). The lowest BCUT2D eigenvalue weighted by Gasteiger charge is -2.36. The zero-order chi connectivity index (χ0) is 24.6. The van der Waals surface area contributed by atoms with Crippen molar-refractivity contribution in [1.82, 2.24) is 15.1 Å². The SMILES string of the molecule is CCN(CC)C(=O)c1ccc([C@H](c2cccc(NC(=O)c3ccccc3)c2)N2CCNCC2)cc1. The van der Waals surface area contributed by atoms with Crippen molar-refractivity contribution >= 4 is 17.5 Å². The number of nitrogens with one attached hydrogen (secondary N) is 2. The van der Waals surface area contributed by atoms with Gasteiger partial charge >= 0.3 is 0 Å². The third kappa shape index (κ3) is 5.96. The minimum absolute atomic E-state index is 0.0308. The van der Waals surface area contributed by atoms with Crippen molar-refractivity contribution in [1.29, 1.82) is 0 Å². The number of hydrogen-bond acceptors (Lipinski definition) is 4. The lowest BCUT2D eigenvalue weighted by Crippen LogP contribution is -2.45. The molecule has 6 nitrogen and oxygen atoms in total. The van der Waals surface area contributed by atoms with E-state index in [9.17, 15) is 9.59 Å². The minimum atomic E-state index is -0.124. The summed E-state index contributed by atoms with van der Waals surface area (Å²) in [5.41, 5.74) is 4.35. The van der Waals surface area contributed by atoms with E-state index in [-0.39, 0.29) is 17.9 Å². The van der Waals surface area contributed by atoms with Crippen LogP contribution in [0.15, 0.2) is 78.9 Å². The first-order valence-corrected chi connectivity index (χ1v) is 12.4. The van der Waals surface area contributed by atoms with Gasteiger partial charge in [-0.05, 0) is 61.4 Å². The summed E-state index contributed by atoms with van der Waals surface area (Å²) in [5, 5.41) is 6.47. The molecule has 0 spiro atoms. The Balaban J connectivity index is 1.62. The topological polar surface area (TPSA) is 64.7 Å². The maximum Gasteiger partial charge on any atom is 0.255 e. The molecule has 1 fully saturated rings. The highest BCUT2D eigenvalue weighted by Gasteiger charge is 2.25. The summed E-state index contributed by atoms with van der Waals surface area (Å²) in [4.78, 5) is 29.8. The maximum absolute atomic E-state index is 12.8. The van der Waals surface area contributed by atoms with E-state index in [0.717, 1.165) is 43.0 Å². The number of rotatable bonds is 8. The largest absolute Gasteiger partial charge is 0.339 e. The quantitative estimate of drug-likeness (QED) is 0.512. The molecule has 0 bridgehead atoms. The number of piperazine rings is 1. The highest BCUT2D eigenvalue weighted by atomic mass is 16.2. The van der Waals surface area contributed by atoms with Gasteiger partial charge in [0, 0.05) is 56.1 Å². The average Bonchev–Trinajstić information content (AvgIpc) is 2.91. The van der Waals surface area contributed by atoms with E-state index in [1.54, 1.807) is 0 Å². The molecule has 0 saturated carbocycles. The second-order valence-corrected chi connectivity index (χ2v) is 8.73. The van der Waals surface area contributed by atoms with Gasteiger partial charge in [0.15, 0.2) is 0 Å². The number of carbonyl (C=O) groups excluding carboxylic acids is 2. The van der Waals surface area contributed by atoms with E-state index < -0.39 is 0 Å². The fourth-order valence-electron chi connectivity index (χ4n) is 4.64. The van der Waals surface area contributed by atoms with E-state index in [1.165, 1.54) is 0 Å². The van der Waals surface area contributed by atoms with Crippen LogP contribution < -0.4 is 10.6 Å². The van der Waals surface area contributed by atoms with Gasteiger partial charge in [-0.25, -0.2) is 0 Å². The maximum atomic E-state index is 12.8. The molecule has 1 aliphatic heterocycles. The standard InChI is InChI=1S/C29H34N4O2/c1-3-32(4-2)29(35)24-15-13-22(14-16-24)27(33-19-17-30-18-20-33)25-11-8-12-26(21-25)31-28(34)23-9-6-5-7-10-23/h5-16,21,27,30H,3-4,17-20H2,1-2H3,(H,31,34)/t27-/m1/s1. The molecular formula is C29H34N4O2. The molecular weight excluding hydrogens is 436 g/mol. The monoisotopic (exact) mass is 470 g/mol. The van der Waals surface area contributed by atoms with Crippen molar-refractivity contribution in [2.45, 2.75) is 19.9 Å². The van der Waals surface area contributed by atoms with Crippen LogP contribution >= 0.6 is 0 Å². The van der Waals surface area contributed by atoms with Crippen LogP contribution in [0.4, 0.5) is 5.69 Å². The van der Waals surface area contributed by atoms with Crippen LogP contribution in [0, 0.1) is 0 Å². The second kappa shape index (κ2) is 11.8. The van der Waals surface area contributed by atoms with Gasteiger partial charge in [0.1, 0.15) is 0 Å². The van der Waals surface area contributed by atoms with Crippen LogP contribution in [0.3, 0.4) is 0 Å². The zero-order valence-corrected chi connectivity index (χ0v) is 20.5. The van der Waals surface area contributed by atoms with Crippen LogP contribution in [-0.2, 0) is 0 Å². The molecule has 0 unspecified atom stereocenters. The molecule has 0 aliphatic carbocycles. The number of carbonyl (C=O) groups is 2. The fourth-order valence-corrected chi connectivity index (χ4v) is 4.64. The number of anilines is 1. The van der Waals surface area contributed by atoms with Gasteiger partial charge in [-0.3, -0.25) is 14.5 Å². The predicted octanol–water partition coefficient (Wildman–Crippen LogP) is 4.42. The van der Waals surface area contributed by atoms with Crippen molar-refractivity contribution in [3.63, 3.8) is 0 Å². The van der Waals surface area contributed by atoms with Gasteiger partial charge in [0.2, 0.25) is 0 Å². The zero-order valence-electron chi connectivity index (χ0n) is 20.5. The molecule has 35 heavy (non-hydrogen) atoms. The van der Waals surface area contributed by atoms with Gasteiger partial charge in [-0.1, -0.05) is 42.5 Å². The summed E-state index contributed by atoms with van der Waals surface area (Å²) >= 11 is 0. The molecule has 0 aromatic heterocycles. The summed E-state index contributed by atoms with van der Waals surface area (Å²) in [6.07, 6.45) is 0. The molecule has 3 aromatic carbocycles. The third-order valence-electron chi connectivity index (χ3n) is 6.54. The number of nitrogens with zero attached hydrogens (tertiary/aromatic N) is 2. The summed E-state index contributed by atoms with van der Waals surface area (Å²) in [7, 11) is 0. The Bertz CT molecular complexity index is 1120. The summed E-state index contributed by atoms with van der Waals surface area (Å²) in [6, 6.07) is 25.4. The minimum Gasteiger partial charge on any atom is -0.339 e. The second-order valence-electron chi connectivity index (χ2n) is 8.73. The fraction of sp³-hybridized carbons (Fsp3) is 0.310. The Morgan fingerprint density at radius 2 is 1.54 bits per heavy atom. The smallest absolute Gasteiger partial charge is 0.255 e. The Labute approximate surface area is 207 Å². The summed E-state index contributed by atoms with van der Waals surface area (Å²) < 4.78 is 0. The van der Waals surface area contributed by atoms with Gasteiger partial charge in [-0.15, -0.1) is 0 Å². The Kier molecular flexibility index (Phi) is 8.29. The first-order valence-electron chi connectivity index (χ1n) is 12.4. The molecule has 1 aliphatic rings. The molecule has 1 heterocycles. The highest BCUT2D eigenvalue weighted by Crippen LogP contribution is 2.31. The van der Waals surface area contributed by atoms with Crippen molar-refractivity contribution < 1.29 is 9.59 Å². The van der Waals surface area contributed by atoms with Gasteiger partial charge < -0.3 is 15.5 Å². The van der Waals surface area contributed by atoms with Crippen LogP contribution in [-0.4, -0.2) is 60.9 Å². The molecule has 6 heteroatoms. The summed E-state index contributed by atoms with van der Waals surface area (Å²) in [5.74, 6) is -0.0633. The van der Waals surface area contributed by atoms with Gasteiger partial charge in [0.05, 0.1) is 6.04 Å².